The standard InChI is InChI=1S/C16H22ClN5O.HI/c1-12-20-15(23-21-12)5-4-10-19-16(18-2)22(3)11-13-6-8-14(17)9-7-13;/h6-9H,4-5,10-11H2,1-3H3,(H,18,19);1H. The molecule has 0 aliphatic rings. The largest absolute Gasteiger partial charge is 0.356 e. The number of hydrogen-bond donors (Lipinski definition) is 1. The molecular formula is C16H23ClIN5O. The highest BCUT2D eigenvalue weighted by Gasteiger charge is 2.07. The van der Waals surface area contributed by atoms with E-state index < -0.39 is 0 Å². The zero-order valence-electron chi connectivity index (χ0n) is 14.1. The number of guanidine groups is 1. The van der Waals surface area contributed by atoms with Crippen LogP contribution in [0.15, 0.2) is 33.8 Å². The molecule has 6 nitrogen and oxygen atoms in total. The van der Waals surface area contributed by atoms with Crippen molar-refractivity contribution in [3.05, 3.63) is 46.6 Å². The lowest BCUT2D eigenvalue weighted by atomic mass is 10.2. The molecule has 24 heavy (non-hydrogen) atoms. The summed E-state index contributed by atoms with van der Waals surface area (Å²) in [7, 11) is 3.79. The first kappa shape index (κ1) is 20.7. The van der Waals surface area contributed by atoms with Gasteiger partial charge in [0, 0.05) is 38.6 Å². The average Bonchev–Trinajstić information content (AvgIpc) is 2.95. The summed E-state index contributed by atoms with van der Waals surface area (Å²) in [5.41, 5.74) is 1.18. The van der Waals surface area contributed by atoms with Gasteiger partial charge in [-0.3, -0.25) is 4.99 Å². The van der Waals surface area contributed by atoms with Crippen LogP contribution < -0.4 is 5.32 Å². The molecule has 0 unspecified atom stereocenters. The van der Waals surface area contributed by atoms with Crippen molar-refractivity contribution in [3.63, 3.8) is 0 Å². The van der Waals surface area contributed by atoms with Crippen LogP contribution in [0.4, 0.5) is 0 Å². The second-order valence-electron chi connectivity index (χ2n) is 5.30. The van der Waals surface area contributed by atoms with E-state index in [9.17, 15) is 0 Å². The molecule has 132 valence electrons. The number of aliphatic imine (C=N–C) groups is 1. The minimum Gasteiger partial charge on any atom is -0.356 e. The Kier molecular flexibility index (Phi) is 9.05. The van der Waals surface area contributed by atoms with Crippen LogP contribution in [0, 0.1) is 6.92 Å². The van der Waals surface area contributed by atoms with Crippen LogP contribution in [0.25, 0.3) is 0 Å². The Morgan fingerprint density at radius 1 is 1.33 bits per heavy atom. The van der Waals surface area contributed by atoms with Gasteiger partial charge >= 0.3 is 0 Å². The van der Waals surface area contributed by atoms with Gasteiger partial charge in [-0.15, -0.1) is 24.0 Å². The first-order valence-corrected chi connectivity index (χ1v) is 7.91. The summed E-state index contributed by atoms with van der Waals surface area (Å²) in [5.74, 6) is 2.20. The summed E-state index contributed by atoms with van der Waals surface area (Å²) in [6, 6.07) is 7.83. The van der Waals surface area contributed by atoms with Crippen LogP contribution in [0.2, 0.25) is 5.02 Å². The van der Waals surface area contributed by atoms with Gasteiger partial charge < -0.3 is 14.7 Å². The van der Waals surface area contributed by atoms with Gasteiger partial charge in [0.25, 0.3) is 0 Å². The van der Waals surface area contributed by atoms with Crippen molar-refractivity contribution in [3.8, 4) is 0 Å². The number of rotatable bonds is 6. The second kappa shape index (κ2) is 10.5. The first-order chi connectivity index (χ1) is 11.1. The number of nitrogens with zero attached hydrogens (tertiary/aromatic N) is 4. The van der Waals surface area contributed by atoms with Gasteiger partial charge in [-0.25, -0.2) is 0 Å². The molecule has 2 aromatic rings. The summed E-state index contributed by atoms with van der Waals surface area (Å²) < 4.78 is 5.09. The molecule has 1 aromatic heterocycles. The third kappa shape index (κ3) is 6.64. The SMILES string of the molecule is CN=C(NCCCc1nc(C)no1)N(C)Cc1ccc(Cl)cc1.I. The number of nitrogens with one attached hydrogen (secondary N) is 1. The van der Waals surface area contributed by atoms with Crippen LogP contribution in [-0.4, -0.2) is 41.6 Å². The van der Waals surface area contributed by atoms with E-state index in [0.717, 1.165) is 36.9 Å². The minimum atomic E-state index is 0. The number of aryl methyl sites for hydroxylation is 2. The van der Waals surface area contributed by atoms with Crippen molar-refractivity contribution in [1.29, 1.82) is 0 Å². The highest BCUT2D eigenvalue weighted by Crippen LogP contribution is 2.11. The van der Waals surface area contributed by atoms with E-state index in [-0.39, 0.29) is 24.0 Å². The molecule has 0 atom stereocenters. The Morgan fingerprint density at radius 3 is 2.62 bits per heavy atom. The molecule has 1 N–H and O–H groups in total. The van der Waals surface area contributed by atoms with Gasteiger partial charge in [0.05, 0.1) is 0 Å². The van der Waals surface area contributed by atoms with Crippen molar-refractivity contribution < 1.29 is 4.52 Å². The maximum Gasteiger partial charge on any atom is 0.226 e. The van der Waals surface area contributed by atoms with E-state index in [0.29, 0.717) is 11.7 Å². The minimum absolute atomic E-state index is 0. The maximum atomic E-state index is 5.91. The Bertz CT molecular complexity index is 644. The second-order valence-corrected chi connectivity index (χ2v) is 5.73. The molecule has 2 rings (SSSR count). The molecule has 1 aromatic carbocycles. The fourth-order valence-electron chi connectivity index (χ4n) is 2.20. The number of hydrogen-bond acceptors (Lipinski definition) is 4. The van der Waals surface area contributed by atoms with E-state index in [2.05, 4.69) is 25.3 Å². The van der Waals surface area contributed by atoms with Gasteiger partial charge in [0.1, 0.15) is 0 Å². The van der Waals surface area contributed by atoms with Crippen LogP contribution in [0.1, 0.15) is 23.7 Å². The van der Waals surface area contributed by atoms with Crippen molar-refractivity contribution in [2.45, 2.75) is 26.3 Å². The van der Waals surface area contributed by atoms with Crippen molar-refractivity contribution >= 4 is 41.5 Å². The molecule has 0 spiro atoms. The molecule has 8 heteroatoms. The molecule has 0 bridgehead atoms. The van der Waals surface area contributed by atoms with Gasteiger partial charge in [0.2, 0.25) is 5.89 Å². The highest BCUT2D eigenvalue weighted by atomic mass is 127. The lowest BCUT2D eigenvalue weighted by Gasteiger charge is -2.22. The normalized spacial score (nSPS) is 11.1. The Balaban J connectivity index is 0.00000288. The Labute approximate surface area is 164 Å². The quantitative estimate of drug-likeness (QED) is 0.308. The lowest BCUT2D eigenvalue weighted by Crippen LogP contribution is -2.39. The van der Waals surface area contributed by atoms with E-state index in [4.69, 9.17) is 16.1 Å². The van der Waals surface area contributed by atoms with Crippen LogP contribution >= 0.6 is 35.6 Å². The zero-order chi connectivity index (χ0) is 16.7. The fourth-order valence-corrected chi connectivity index (χ4v) is 2.33. The molecule has 0 aliphatic carbocycles. The monoisotopic (exact) mass is 463 g/mol. The van der Waals surface area contributed by atoms with Gasteiger partial charge in [-0.05, 0) is 31.0 Å². The topological polar surface area (TPSA) is 66.5 Å². The highest BCUT2D eigenvalue weighted by molar-refractivity contribution is 14.0. The molecular weight excluding hydrogens is 441 g/mol. The van der Waals surface area contributed by atoms with Gasteiger partial charge in [-0.1, -0.05) is 28.9 Å². The third-order valence-corrected chi connectivity index (χ3v) is 3.58. The maximum absolute atomic E-state index is 5.91. The molecule has 0 fully saturated rings. The van der Waals surface area contributed by atoms with E-state index >= 15 is 0 Å². The summed E-state index contributed by atoms with van der Waals surface area (Å²) >= 11 is 5.91. The van der Waals surface area contributed by atoms with Crippen LogP contribution in [0.5, 0.6) is 0 Å². The smallest absolute Gasteiger partial charge is 0.226 e. The number of aromatic nitrogens is 2. The molecule has 1 heterocycles. The van der Waals surface area contributed by atoms with E-state index in [1.807, 2.05) is 38.2 Å². The molecule has 0 saturated heterocycles. The molecule has 0 saturated carbocycles. The van der Waals surface area contributed by atoms with E-state index in [1.165, 1.54) is 5.56 Å². The van der Waals surface area contributed by atoms with Crippen molar-refractivity contribution in [2.75, 3.05) is 20.6 Å². The number of benzene rings is 1. The molecule has 0 amide bonds. The van der Waals surface area contributed by atoms with Crippen molar-refractivity contribution in [1.82, 2.24) is 20.4 Å². The summed E-state index contributed by atoms with van der Waals surface area (Å²) in [5, 5.41) is 7.86. The predicted octanol–water partition coefficient (Wildman–Crippen LogP) is 3.29. The van der Waals surface area contributed by atoms with E-state index in [1.54, 1.807) is 7.05 Å². The van der Waals surface area contributed by atoms with Crippen LogP contribution in [0.3, 0.4) is 0 Å². The Morgan fingerprint density at radius 2 is 2.04 bits per heavy atom. The van der Waals surface area contributed by atoms with Crippen molar-refractivity contribution in [2.24, 2.45) is 4.99 Å². The summed E-state index contributed by atoms with van der Waals surface area (Å²) in [6.45, 7) is 3.37. The molecule has 0 radical (unpaired) electrons. The average molecular weight is 464 g/mol. The summed E-state index contributed by atoms with van der Waals surface area (Å²) in [6.07, 6.45) is 1.65. The Hall–Kier alpha value is -1.35. The van der Waals surface area contributed by atoms with Gasteiger partial charge in [-0.2, -0.15) is 4.98 Å². The predicted molar refractivity (Wildman–Crippen MR) is 107 cm³/mol. The fraction of sp³-hybridized carbons (Fsp3) is 0.438. The third-order valence-electron chi connectivity index (χ3n) is 3.33. The van der Waals surface area contributed by atoms with Gasteiger partial charge in [0.15, 0.2) is 11.8 Å². The lowest BCUT2D eigenvalue weighted by molar-refractivity contribution is 0.371. The van der Waals surface area contributed by atoms with Crippen LogP contribution in [-0.2, 0) is 13.0 Å². The first-order valence-electron chi connectivity index (χ1n) is 7.54. The zero-order valence-corrected chi connectivity index (χ0v) is 17.2. The summed E-state index contributed by atoms with van der Waals surface area (Å²) in [4.78, 5) is 10.6. The number of halogens is 2. The molecule has 0 aliphatic heterocycles.